The Kier molecular flexibility index (Phi) is 4.87. The van der Waals surface area contributed by atoms with E-state index in [1.54, 1.807) is 25.1 Å². The van der Waals surface area contributed by atoms with Gasteiger partial charge in [0.05, 0.1) is 5.56 Å². The van der Waals surface area contributed by atoms with E-state index in [0.717, 1.165) is 4.47 Å². The number of halogens is 1. The fourth-order valence-electron chi connectivity index (χ4n) is 1.23. The summed E-state index contributed by atoms with van der Waals surface area (Å²) in [5, 5.41) is 12.0. The first-order valence-corrected chi connectivity index (χ1v) is 5.60. The van der Waals surface area contributed by atoms with E-state index in [2.05, 4.69) is 33.1 Å². The normalized spacial score (nSPS) is 9.12. The minimum Gasteiger partial charge on any atom is -0.478 e. The van der Waals surface area contributed by atoms with Crippen LogP contribution < -0.4 is 5.32 Å². The lowest BCUT2D eigenvalue weighted by Crippen LogP contribution is -2.07. The summed E-state index contributed by atoms with van der Waals surface area (Å²) in [7, 11) is 0. The molecule has 0 aliphatic rings. The van der Waals surface area contributed by atoms with Gasteiger partial charge in [-0.2, -0.15) is 0 Å². The van der Waals surface area contributed by atoms with Gasteiger partial charge in [-0.3, -0.25) is 0 Å². The highest BCUT2D eigenvalue weighted by Gasteiger charge is 2.09. The van der Waals surface area contributed by atoms with Crippen LogP contribution in [-0.2, 0) is 0 Å². The molecule has 4 heteroatoms. The number of carboxylic acids is 1. The van der Waals surface area contributed by atoms with E-state index in [1.165, 1.54) is 0 Å². The Morgan fingerprint density at radius 3 is 2.94 bits per heavy atom. The van der Waals surface area contributed by atoms with Gasteiger partial charge in [-0.25, -0.2) is 4.79 Å². The zero-order valence-corrected chi connectivity index (χ0v) is 10.5. The van der Waals surface area contributed by atoms with E-state index in [4.69, 9.17) is 5.11 Å². The van der Waals surface area contributed by atoms with E-state index >= 15 is 0 Å². The number of hydrogen-bond acceptors (Lipinski definition) is 2. The molecule has 0 radical (unpaired) electrons. The Morgan fingerprint density at radius 1 is 1.56 bits per heavy atom. The summed E-state index contributed by atoms with van der Waals surface area (Å²) in [5.74, 6) is 4.76. The molecule has 0 unspecified atom stereocenters. The van der Waals surface area contributed by atoms with E-state index < -0.39 is 5.97 Å². The van der Waals surface area contributed by atoms with Gasteiger partial charge in [0.1, 0.15) is 0 Å². The van der Waals surface area contributed by atoms with Gasteiger partial charge in [0.15, 0.2) is 0 Å². The van der Waals surface area contributed by atoms with E-state index in [9.17, 15) is 4.79 Å². The molecule has 16 heavy (non-hydrogen) atoms. The lowest BCUT2D eigenvalue weighted by molar-refractivity contribution is 0.0698. The molecule has 0 atom stereocenters. The minimum atomic E-state index is -0.934. The van der Waals surface area contributed by atoms with Gasteiger partial charge in [-0.1, -0.05) is 15.9 Å². The molecule has 3 nitrogen and oxygen atoms in total. The molecule has 0 fully saturated rings. The number of anilines is 1. The summed E-state index contributed by atoms with van der Waals surface area (Å²) >= 11 is 3.31. The molecule has 84 valence electrons. The first kappa shape index (κ1) is 12.6. The van der Waals surface area contributed by atoms with Crippen LogP contribution in [0.2, 0.25) is 0 Å². The van der Waals surface area contributed by atoms with Crippen molar-refractivity contribution in [1.82, 2.24) is 0 Å². The fraction of sp³-hybridized carbons (Fsp3) is 0.250. The van der Waals surface area contributed by atoms with Crippen molar-refractivity contribution in [2.24, 2.45) is 0 Å². The number of nitrogens with one attached hydrogen (secondary N) is 1. The summed E-state index contributed by atoms with van der Waals surface area (Å²) in [5.41, 5.74) is 0.882. The number of benzene rings is 1. The molecule has 0 aromatic heterocycles. The molecular weight excluding hydrogens is 270 g/mol. The lowest BCUT2D eigenvalue weighted by Gasteiger charge is -2.08. The summed E-state index contributed by atoms with van der Waals surface area (Å²) in [6, 6.07) is 5.03. The Balaban J connectivity index is 2.78. The number of carbonyl (C=O) groups is 1. The molecule has 0 amide bonds. The van der Waals surface area contributed by atoms with Crippen LogP contribution >= 0.6 is 15.9 Å². The number of rotatable bonds is 4. The molecule has 0 heterocycles. The first-order valence-electron chi connectivity index (χ1n) is 4.81. The molecular formula is C12H12BrNO2. The topological polar surface area (TPSA) is 49.3 Å². The van der Waals surface area contributed by atoms with Crippen molar-refractivity contribution in [3.05, 3.63) is 28.2 Å². The number of aromatic carboxylic acids is 1. The second kappa shape index (κ2) is 6.19. The van der Waals surface area contributed by atoms with Crippen molar-refractivity contribution in [3.63, 3.8) is 0 Å². The zero-order valence-electron chi connectivity index (χ0n) is 8.88. The lowest BCUT2D eigenvalue weighted by atomic mass is 10.2. The third-order valence-electron chi connectivity index (χ3n) is 1.95. The predicted molar refractivity (Wildman–Crippen MR) is 67.7 cm³/mol. The molecule has 2 N–H and O–H groups in total. The average Bonchev–Trinajstić information content (AvgIpc) is 2.24. The van der Waals surface area contributed by atoms with Crippen molar-refractivity contribution in [1.29, 1.82) is 0 Å². The Labute approximate surface area is 103 Å². The van der Waals surface area contributed by atoms with Crippen LogP contribution in [0.5, 0.6) is 0 Å². The molecule has 0 aliphatic heterocycles. The van der Waals surface area contributed by atoms with E-state index in [0.29, 0.717) is 18.7 Å². The molecule has 1 aromatic rings. The highest BCUT2D eigenvalue weighted by atomic mass is 79.9. The maximum atomic E-state index is 10.9. The molecule has 1 rings (SSSR count). The van der Waals surface area contributed by atoms with Crippen LogP contribution in [0.4, 0.5) is 5.69 Å². The van der Waals surface area contributed by atoms with Crippen molar-refractivity contribution in [2.75, 3.05) is 11.9 Å². The fourth-order valence-corrected chi connectivity index (χ4v) is 1.59. The molecule has 0 spiro atoms. The minimum absolute atomic E-state index is 0.271. The van der Waals surface area contributed by atoms with Gasteiger partial charge in [0, 0.05) is 23.1 Å². The predicted octanol–water partition coefficient (Wildman–Crippen LogP) is 2.97. The van der Waals surface area contributed by atoms with E-state index in [-0.39, 0.29) is 5.56 Å². The Bertz CT molecular complexity index is 446. The van der Waals surface area contributed by atoms with Gasteiger partial charge < -0.3 is 10.4 Å². The highest BCUT2D eigenvalue weighted by molar-refractivity contribution is 9.10. The molecule has 0 bridgehead atoms. The molecule has 0 saturated carbocycles. The van der Waals surface area contributed by atoms with Crippen LogP contribution in [0.15, 0.2) is 22.7 Å². The second-order valence-corrected chi connectivity index (χ2v) is 4.01. The quantitative estimate of drug-likeness (QED) is 0.659. The molecule has 0 aliphatic carbocycles. The van der Waals surface area contributed by atoms with Crippen molar-refractivity contribution in [3.8, 4) is 11.8 Å². The Morgan fingerprint density at radius 2 is 2.31 bits per heavy atom. The summed E-state index contributed by atoms with van der Waals surface area (Å²) in [6.07, 6.45) is 0.697. The summed E-state index contributed by atoms with van der Waals surface area (Å²) < 4.78 is 0.849. The van der Waals surface area contributed by atoms with Crippen LogP contribution in [0.25, 0.3) is 0 Å². The third kappa shape index (κ3) is 3.59. The van der Waals surface area contributed by atoms with Gasteiger partial charge in [-0.15, -0.1) is 11.8 Å². The van der Waals surface area contributed by atoms with Crippen molar-refractivity contribution in [2.45, 2.75) is 13.3 Å². The molecule has 0 saturated heterocycles. The average molecular weight is 282 g/mol. The zero-order chi connectivity index (χ0) is 12.0. The van der Waals surface area contributed by atoms with Gasteiger partial charge in [-0.05, 0) is 25.1 Å². The molecule has 1 aromatic carbocycles. The Hall–Kier alpha value is -1.47. The van der Waals surface area contributed by atoms with Crippen molar-refractivity contribution < 1.29 is 9.90 Å². The first-order chi connectivity index (χ1) is 7.65. The summed E-state index contributed by atoms with van der Waals surface area (Å²) in [6.45, 7) is 2.42. The maximum Gasteiger partial charge on any atom is 0.337 e. The van der Waals surface area contributed by atoms with Gasteiger partial charge in [0.2, 0.25) is 0 Å². The van der Waals surface area contributed by atoms with Crippen molar-refractivity contribution >= 4 is 27.6 Å². The highest BCUT2D eigenvalue weighted by Crippen LogP contribution is 2.21. The van der Waals surface area contributed by atoms with Crippen LogP contribution in [0.1, 0.15) is 23.7 Å². The van der Waals surface area contributed by atoms with Crippen LogP contribution in [0.3, 0.4) is 0 Å². The smallest absolute Gasteiger partial charge is 0.337 e. The maximum absolute atomic E-state index is 10.9. The monoisotopic (exact) mass is 281 g/mol. The number of hydrogen-bond donors (Lipinski definition) is 2. The summed E-state index contributed by atoms with van der Waals surface area (Å²) in [4.78, 5) is 10.9. The SMILES string of the molecule is CC#CCCNc1cc(Br)ccc1C(=O)O. The van der Waals surface area contributed by atoms with Gasteiger partial charge in [0.25, 0.3) is 0 Å². The van der Waals surface area contributed by atoms with Crippen LogP contribution in [-0.4, -0.2) is 17.6 Å². The van der Waals surface area contributed by atoms with E-state index in [1.807, 2.05) is 0 Å². The van der Waals surface area contributed by atoms with Crippen LogP contribution in [0, 0.1) is 11.8 Å². The largest absolute Gasteiger partial charge is 0.478 e. The number of carboxylic acid groups (broad SMARTS) is 1. The second-order valence-electron chi connectivity index (χ2n) is 3.10. The van der Waals surface area contributed by atoms with Gasteiger partial charge >= 0.3 is 5.97 Å². The standard InChI is InChI=1S/C12H12BrNO2/c1-2-3-4-7-14-11-8-9(13)5-6-10(11)12(15)16/h5-6,8,14H,4,7H2,1H3,(H,15,16). The third-order valence-corrected chi connectivity index (χ3v) is 2.45.